The van der Waals surface area contributed by atoms with Crippen LogP contribution in [0.1, 0.15) is 12.8 Å². The Morgan fingerprint density at radius 1 is 0.815 bits per heavy atom. The number of carbonyl (C=O) groups is 2. The molecule has 0 unspecified atom stereocenters. The van der Waals surface area contributed by atoms with E-state index < -0.39 is 11.6 Å². The molecule has 0 heterocycles. The zero-order valence-electron chi connectivity index (χ0n) is 14.0. The maximum Gasteiger partial charge on any atom is 0.225 e. The van der Waals surface area contributed by atoms with Gasteiger partial charge in [0.1, 0.15) is 11.6 Å². The summed E-state index contributed by atoms with van der Waals surface area (Å²) in [5, 5.41) is 5.13. The number of amides is 2. The van der Waals surface area contributed by atoms with Gasteiger partial charge >= 0.3 is 0 Å². The first-order valence-corrected chi connectivity index (χ1v) is 9.84. The van der Waals surface area contributed by atoms with Gasteiger partial charge in [-0.15, -0.1) is 0 Å². The number of nitrogens with one attached hydrogen (secondary N) is 2. The second-order valence-corrected chi connectivity index (χ2v) is 7.51. The van der Waals surface area contributed by atoms with E-state index in [2.05, 4.69) is 10.6 Å². The molecule has 2 rings (SSSR count). The number of anilines is 2. The van der Waals surface area contributed by atoms with Gasteiger partial charge in [0.2, 0.25) is 11.8 Å². The van der Waals surface area contributed by atoms with Crippen LogP contribution in [0.15, 0.2) is 36.4 Å². The van der Waals surface area contributed by atoms with Crippen molar-refractivity contribution in [3.05, 3.63) is 58.1 Å². The Hall–Kier alpha value is -1.83. The van der Waals surface area contributed by atoms with Gasteiger partial charge in [0.25, 0.3) is 0 Å². The first-order chi connectivity index (χ1) is 12.8. The molecule has 4 nitrogen and oxygen atoms in total. The molecule has 0 saturated carbocycles. The topological polar surface area (TPSA) is 58.2 Å². The Kier molecular flexibility index (Phi) is 8.34. The summed E-state index contributed by atoms with van der Waals surface area (Å²) >= 11 is 12.8. The lowest BCUT2D eigenvalue weighted by molar-refractivity contribution is -0.116. The molecule has 0 bridgehead atoms. The predicted molar refractivity (Wildman–Crippen MR) is 107 cm³/mol. The minimum absolute atomic E-state index is 0.0596. The summed E-state index contributed by atoms with van der Waals surface area (Å²) in [4.78, 5) is 23.6. The van der Waals surface area contributed by atoms with Crippen LogP contribution in [-0.2, 0) is 9.59 Å². The second kappa shape index (κ2) is 10.5. The summed E-state index contributed by atoms with van der Waals surface area (Å²) in [6.07, 6.45) is 0.490. The number of benzene rings is 2. The molecule has 0 aromatic heterocycles. The highest BCUT2D eigenvalue weighted by atomic mass is 35.5. The molecule has 27 heavy (non-hydrogen) atoms. The van der Waals surface area contributed by atoms with Crippen molar-refractivity contribution in [1.82, 2.24) is 0 Å². The number of halogens is 4. The first-order valence-electron chi connectivity index (χ1n) is 7.92. The minimum Gasteiger partial charge on any atom is -0.326 e. The third kappa shape index (κ3) is 7.36. The Bertz CT molecular complexity index is 770. The van der Waals surface area contributed by atoms with Crippen molar-refractivity contribution >= 4 is 58.2 Å². The summed E-state index contributed by atoms with van der Waals surface area (Å²) < 4.78 is 26.1. The third-order valence-electron chi connectivity index (χ3n) is 3.35. The fourth-order valence-corrected chi connectivity index (χ4v) is 3.25. The molecule has 0 aliphatic rings. The van der Waals surface area contributed by atoms with Crippen molar-refractivity contribution in [3.8, 4) is 0 Å². The molecular weight excluding hydrogens is 417 g/mol. The van der Waals surface area contributed by atoms with Gasteiger partial charge < -0.3 is 10.6 Å². The van der Waals surface area contributed by atoms with E-state index in [1.165, 1.54) is 48.2 Å². The maximum atomic E-state index is 13.1. The summed E-state index contributed by atoms with van der Waals surface area (Å²) in [6.45, 7) is 0. The zero-order valence-corrected chi connectivity index (χ0v) is 16.4. The van der Waals surface area contributed by atoms with E-state index in [9.17, 15) is 18.4 Å². The van der Waals surface area contributed by atoms with Crippen molar-refractivity contribution in [3.63, 3.8) is 0 Å². The smallest absolute Gasteiger partial charge is 0.225 e. The normalized spacial score (nSPS) is 10.5. The van der Waals surface area contributed by atoms with Gasteiger partial charge in [-0.05, 0) is 36.4 Å². The van der Waals surface area contributed by atoms with Gasteiger partial charge in [-0.2, -0.15) is 11.8 Å². The van der Waals surface area contributed by atoms with Crippen LogP contribution >= 0.6 is 35.0 Å². The lowest BCUT2D eigenvalue weighted by Gasteiger charge is -2.07. The van der Waals surface area contributed by atoms with Gasteiger partial charge in [-0.25, -0.2) is 8.78 Å². The van der Waals surface area contributed by atoms with Crippen LogP contribution in [0.2, 0.25) is 10.0 Å². The molecule has 0 fully saturated rings. The van der Waals surface area contributed by atoms with E-state index in [4.69, 9.17) is 23.2 Å². The molecule has 0 spiro atoms. The summed E-state index contributed by atoms with van der Waals surface area (Å²) in [6, 6.07) is 7.90. The van der Waals surface area contributed by atoms with E-state index in [0.29, 0.717) is 22.9 Å². The molecule has 2 aromatic carbocycles. The standard InChI is InChI=1S/C18H16Cl2F2N2O2S/c19-13-9-11(1-3-15(13)21)23-17(25)5-7-27-8-6-18(26)24-12-2-4-16(22)14(20)10-12/h1-4,9-10H,5-8H2,(H,23,25)(H,24,26). The maximum absolute atomic E-state index is 13.1. The summed E-state index contributed by atoms with van der Waals surface area (Å²) in [5.74, 6) is -0.503. The van der Waals surface area contributed by atoms with Gasteiger partial charge in [0.15, 0.2) is 0 Å². The first kappa shape index (κ1) is 21.5. The molecule has 0 aliphatic heterocycles. The van der Waals surface area contributed by atoms with Gasteiger partial charge in [0, 0.05) is 35.7 Å². The molecule has 2 aromatic rings. The highest BCUT2D eigenvalue weighted by Crippen LogP contribution is 2.20. The zero-order chi connectivity index (χ0) is 19.8. The number of carbonyl (C=O) groups excluding carboxylic acids is 2. The largest absolute Gasteiger partial charge is 0.326 e. The minimum atomic E-state index is -0.550. The molecule has 0 saturated heterocycles. The monoisotopic (exact) mass is 432 g/mol. The number of hydrogen-bond acceptors (Lipinski definition) is 3. The summed E-state index contributed by atoms with van der Waals surface area (Å²) in [5.41, 5.74) is 0.850. The highest BCUT2D eigenvalue weighted by Gasteiger charge is 2.07. The molecule has 0 atom stereocenters. The van der Waals surface area contributed by atoms with Crippen LogP contribution in [0.5, 0.6) is 0 Å². The third-order valence-corrected chi connectivity index (χ3v) is 4.92. The van der Waals surface area contributed by atoms with Gasteiger partial charge in [-0.3, -0.25) is 9.59 Å². The molecule has 144 valence electrons. The second-order valence-electron chi connectivity index (χ2n) is 5.47. The summed E-state index contributed by atoms with van der Waals surface area (Å²) in [7, 11) is 0. The van der Waals surface area contributed by atoms with E-state index in [1.807, 2.05) is 0 Å². The number of hydrogen-bond donors (Lipinski definition) is 2. The lowest BCUT2D eigenvalue weighted by atomic mass is 10.3. The van der Waals surface area contributed by atoms with Crippen molar-refractivity contribution < 1.29 is 18.4 Å². The van der Waals surface area contributed by atoms with Crippen molar-refractivity contribution in [2.45, 2.75) is 12.8 Å². The van der Waals surface area contributed by atoms with Gasteiger partial charge in [0.05, 0.1) is 10.0 Å². The Balaban J connectivity index is 1.63. The quantitative estimate of drug-likeness (QED) is 0.551. The van der Waals surface area contributed by atoms with Crippen LogP contribution in [0, 0.1) is 11.6 Å². The fraction of sp³-hybridized carbons (Fsp3) is 0.222. The SMILES string of the molecule is O=C(CCSCCC(=O)Nc1ccc(F)c(Cl)c1)Nc1ccc(F)c(Cl)c1. The van der Waals surface area contributed by atoms with Crippen LogP contribution in [0.4, 0.5) is 20.2 Å². The average Bonchev–Trinajstić information content (AvgIpc) is 2.61. The van der Waals surface area contributed by atoms with Gasteiger partial charge in [-0.1, -0.05) is 23.2 Å². The van der Waals surface area contributed by atoms with E-state index in [0.717, 1.165) is 0 Å². The molecule has 0 aliphatic carbocycles. The van der Waals surface area contributed by atoms with Crippen LogP contribution < -0.4 is 10.6 Å². The van der Waals surface area contributed by atoms with E-state index in [-0.39, 0.29) is 34.7 Å². The van der Waals surface area contributed by atoms with Crippen LogP contribution in [0.3, 0.4) is 0 Å². The Morgan fingerprint density at radius 3 is 1.59 bits per heavy atom. The van der Waals surface area contributed by atoms with E-state index in [1.54, 1.807) is 0 Å². The molecule has 2 amide bonds. The number of rotatable bonds is 8. The Morgan fingerprint density at radius 2 is 1.22 bits per heavy atom. The van der Waals surface area contributed by atoms with E-state index >= 15 is 0 Å². The highest BCUT2D eigenvalue weighted by molar-refractivity contribution is 7.99. The average molecular weight is 433 g/mol. The van der Waals surface area contributed by atoms with Crippen molar-refractivity contribution in [2.75, 3.05) is 22.1 Å². The van der Waals surface area contributed by atoms with Crippen LogP contribution in [-0.4, -0.2) is 23.3 Å². The van der Waals surface area contributed by atoms with Crippen molar-refractivity contribution in [2.24, 2.45) is 0 Å². The predicted octanol–water partition coefficient (Wildman–Crippen LogP) is 5.36. The molecule has 9 heteroatoms. The van der Waals surface area contributed by atoms with Crippen LogP contribution in [0.25, 0.3) is 0 Å². The van der Waals surface area contributed by atoms with Crippen molar-refractivity contribution in [1.29, 1.82) is 0 Å². The lowest BCUT2D eigenvalue weighted by Crippen LogP contribution is -2.14. The molecule has 2 N–H and O–H groups in total. The molecular formula is C18H16Cl2F2N2O2S. The molecule has 0 radical (unpaired) electrons. The number of thioether (sulfide) groups is 1. The fourth-order valence-electron chi connectivity index (χ4n) is 2.03. The Labute approximate surface area is 169 Å².